The minimum atomic E-state index is -4.55. The van der Waals surface area contributed by atoms with E-state index in [4.69, 9.17) is 14.3 Å². The number of rotatable bonds is 6. The summed E-state index contributed by atoms with van der Waals surface area (Å²) in [5, 5.41) is 11.2. The summed E-state index contributed by atoms with van der Waals surface area (Å²) in [6.45, 7) is 1.31. The molecule has 0 bridgehead atoms. The first kappa shape index (κ1) is 18.4. The van der Waals surface area contributed by atoms with Gasteiger partial charge < -0.3 is 19.6 Å². The lowest BCUT2D eigenvalue weighted by molar-refractivity contribution is -0.139. The Morgan fingerprint density at radius 1 is 1.32 bits per heavy atom. The molecule has 2 rings (SSSR count). The Hall–Kier alpha value is -2.97. The van der Waals surface area contributed by atoms with E-state index >= 15 is 0 Å². The lowest BCUT2D eigenvalue weighted by atomic mass is 10.2. The highest BCUT2D eigenvalue weighted by molar-refractivity contribution is 5.95. The van der Waals surface area contributed by atoms with E-state index in [0.717, 1.165) is 18.4 Å². The number of nitrogens with one attached hydrogen (secondary N) is 1. The number of amides is 1. The fraction of sp³-hybridized carbons (Fsp3) is 0.250. The topological polar surface area (TPSA) is 88.8 Å². The van der Waals surface area contributed by atoms with Gasteiger partial charge in [0, 0.05) is 6.07 Å². The summed E-state index contributed by atoms with van der Waals surface area (Å²) in [7, 11) is 0. The third-order valence-electron chi connectivity index (χ3n) is 3.13. The van der Waals surface area contributed by atoms with E-state index in [-0.39, 0.29) is 23.7 Å². The molecule has 1 aromatic carbocycles. The maximum atomic E-state index is 12.9. The highest BCUT2D eigenvalue weighted by atomic mass is 19.4. The van der Waals surface area contributed by atoms with E-state index in [1.54, 1.807) is 0 Å². The Morgan fingerprint density at radius 3 is 2.60 bits per heavy atom. The van der Waals surface area contributed by atoms with E-state index < -0.39 is 29.7 Å². The second kappa shape index (κ2) is 7.29. The Labute approximate surface area is 140 Å². The fourth-order valence-electron chi connectivity index (χ4n) is 1.95. The molecule has 0 aliphatic carbocycles. The quantitative estimate of drug-likeness (QED) is 0.829. The number of carbonyl (C=O) groups is 2. The summed E-state index contributed by atoms with van der Waals surface area (Å²) >= 11 is 0. The van der Waals surface area contributed by atoms with E-state index in [1.807, 2.05) is 0 Å². The molecule has 1 unspecified atom stereocenters. The Bertz CT molecular complexity index is 769. The van der Waals surface area contributed by atoms with Crippen molar-refractivity contribution in [2.75, 3.05) is 6.61 Å². The van der Waals surface area contributed by atoms with Crippen LogP contribution < -0.4 is 10.1 Å². The van der Waals surface area contributed by atoms with Crippen LogP contribution in [0.4, 0.5) is 13.2 Å². The Morgan fingerprint density at radius 2 is 2.00 bits per heavy atom. The van der Waals surface area contributed by atoms with Crippen molar-refractivity contribution in [3.63, 3.8) is 0 Å². The number of carboxylic acid groups (broad SMARTS) is 1. The number of carbonyl (C=O) groups excluding carboxylic acids is 1. The summed E-state index contributed by atoms with van der Waals surface area (Å²) in [4.78, 5) is 22.6. The molecule has 134 valence electrons. The van der Waals surface area contributed by atoms with Crippen molar-refractivity contribution in [1.29, 1.82) is 0 Å². The zero-order chi connectivity index (χ0) is 18.6. The molecule has 0 saturated carbocycles. The summed E-state index contributed by atoms with van der Waals surface area (Å²) in [5.41, 5.74) is -1.10. The van der Waals surface area contributed by atoms with Crippen LogP contribution >= 0.6 is 0 Å². The molecule has 1 atom stereocenters. The molecular formula is C16H14F3NO5. The lowest BCUT2D eigenvalue weighted by Crippen LogP contribution is -2.36. The molecule has 1 aromatic heterocycles. The Kier molecular flexibility index (Phi) is 5.35. The maximum Gasteiger partial charge on any atom is 0.419 e. The van der Waals surface area contributed by atoms with Crippen molar-refractivity contribution < 1.29 is 37.0 Å². The molecule has 0 saturated heterocycles. The molecule has 9 heteroatoms. The molecule has 0 aliphatic heterocycles. The van der Waals surface area contributed by atoms with E-state index in [1.165, 1.54) is 25.1 Å². The average Bonchev–Trinajstić information content (AvgIpc) is 3.02. The molecule has 25 heavy (non-hydrogen) atoms. The third-order valence-corrected chi connectivity index (χ3v) is 3.13. The van der Waals surface area contributed by atoms with Gasteiger partial charge in [-0.2, -0.15) is 13.2 Å². The smallest absolute Gasteiger partial charge is 0.419 e. The van der Waals surface area contributed by atoms with Gasteiger partial charge >= 0.3 is 12.1 Å². The van der Waals surface area contributed by atoms with Crippen LogP contribution in [0.3, 0.4) is 0 Å². The van der Waals surface area contributed by atoms with Gasteiger partial charge in [0.2, 0.25) is 0 Å². The molecule has 1 heterocycles. The number of ether oxygens (including phenoxy) is 1. The second-order valence-corrected chi connectivity index (χ2v) is 5.18. The second-order valence-electron chi connectivity index (χ2n) is 5.18. The van der Waals surface area contributed by atoms with Gasteiger partial charge in [0.15, 0.2) is 5.76 Å². The standard InChI is InChI=1S/C16H14F3NO5/c1-9(20-14(21)13-6-10(8-25-13)15(22)23)7-24-12-5-3-2-4-11(12)16(17,18)19/h2-6,8-9H,7H2,1H3,(H,20,21)(H,22,23). The van der Waals surface area contributed by atoms with E-state index in [2.05, 4.69) is 5.32 Å². The number of hydrogen-bond acceptors (Lipinski definition) is 4. The molecule has 0 aliphatic rings. The van der Waals surface area contributed by atoms with Crippen LogP contribution in [0.1, 0.15) is 33.4 Å². The number of alkyl halides is 3. The number of aromatic carboxylic acids is 1. The van der Waals surface area contributed by atoms with Crippen molar-refractivity contribution >= 4 is 11.9 Å². The zero-order valence-corrected chi connectivity index (χ0v) is 13.0. The van der Waals surface area contributed by atoms with Crippen LogP contribution in [0.25, 0.3) is 0 Å². The van der Waals surface area contributed by atoms with Crippen LogP contribution in [-0.4, -0.2) is 29.6 Å². The first-order valence-electron chi connectivity index (χ1n) is 7.10. The van der Waals surface area contributed by atoms with Gasteiger partial charge in [-0.05, 0) is 19.1 Å². The molecular weight excluding hydrogens is 343 g/mol. The van der Waals surface area contributed by atoms with Gasteiger partial charge in [-0.25, -0.2) is 4.79 Å². The fourth-order valence-corrected chi connectivity index (χ4v) is 1.95. The summed E-state index contributed by atoms with van der Waals surface area (Å²) in [5.74, 6) is -2.52. The summed E-state index contributed by atoms with van der Waals surface area (Å²) in [6, 6.07) is 5.14. The van der Waals surface area contributed by atoms with E-state index in [9.17, 15) is 22.8 Å². The van der Waals surface area contributed by atoms with Crippen molar-refractivity contribution in [3.05, 3.63) is 53.5 Å². The van der Waals surface area contributed by atoms with Crippen LogP contribution in [0.15, 0.2) is 41.0 Å². The van der Waals surface area contributed by atoms with Crippen LogP contribution in [0, 0.1) is 0 Å². The molecule has 0 spiro atoms. The number of carboxylic acids is 1. The number of para-hydroxylation sites is 1. The Balaban J connectivity index is 1.96. The number of hydrogen-bond donors (Lipinski definition) is 2. The minimum absolute atomic E-state index is 0.187. The number of benzene rings is 1. The van der Waals surface area contributed by atoms with Gasteiger partial charge in [-0.3, -0.25) is 4.79 Å². The molecule has 6 nitrogen and oxygen atoms in total. The molecule has 1 amide bonds. The monoisotopic (exact) mass is 357 g/mol. The summed E-state index contributed by atoms with van der Waals surface area (Å²) < 4.78 is 48.6. The third kappa shape index (κ3) is 4.75. The molecule has 0 fully saturated rings. The first-order chi connectivity index (χ1) is 11.7. The van der Waals surface area contributed by atoms with Crippen molar-refractivity contribution in [2.24, 2.45) is 0 Å². The van der Waals surface area contributed by atoms with Crippen LogP contribution in [0.5, 0.6) is 5.75 Å². The van der Waals surface area contributed by atoms with Gasteiger partial charge in [0.05, 0.1) is 17.2 Å². The minimum Gasteiger partial charge on any atom is -0.491 e. The van der Waals surface area contributed by atoms with Crippen LogP contribution in [-0.2, 0) is 6.18 Å². The van der Waals surface area contributed by atoms with E-state index in [0.29, 0.717) is 0 Å². The van der Waals surface area contributed by atoms with Gasteiger partial charge in [0.25, 0.3) is 5.91 Å². The lowest BCUT2D eigenvalue weighted by Gasteiger charge is -2.17. The van der Waals surface area contributed by atoms with Crippen molar-refractivity contribution in [3.8, 4) is 5.75 Å². The highest BCUT2D eigenvalue weighted by Crippen LogP contribution is 2.35. The normalized spacial score (nSPS) is 12.5. The van der Waals surface area contributed by atoms with Crippen molar-refractivity contribution in [2.45, 2.75) is 19.1 Å². The van der Waals surface area contributed by atoms with Crippen molar-refractivity contribution in [1.82, 2.24) is 5.32 Å². The maximum absolute atomic E-state index is 12.9. The zero-order valence-electron chi connectivity index (χ0n) is 13.0. The number of halogens is 3. The summed E-state index contributed by atoms with van der Waals surface area (Å²) in [6.07, 6.45) is -3.64. The SMILES string of the molecule is CC(COc1ccccc1C(F)(F)F)NC(=O)c1cc(C(=O)O)co1. The predicted octanol–water partition coefficient (Wildman–Crippen LogP) is 3.19. The predicted molar refractivity (Wildman–Crippen MR) is 79.5 cm³/mol. The molecule has 2 N–H and O–H groups in total. The highest BCUT2D eigenvalue weighted by Gasteiger charge is 2.34. The first-order valence-corrected chi connectivity index (χ1v) is 7.10. The van der Waals surface area contributed by atoms with Crippen LogP contribution in [0.2, 0.25) is 0 Å². The van der Waals surface area contributed by atoms with Gasteiger partial charge in [-0.15, -0.1) is 0 Å². The largest absolute Gasteiger partial charge is 0.491 e. The number of furan rings is 1. The molecule has 0 radical (unpaired) electrons. The average molecular weight is 357 g/mol. The van der Waals surface area contributed by atoms with Gasteiger partial charge in [-0.1, -0.05) is 12.1 Å². The van der Waals surface area contributed by atoms with Gasteiger partial charge in [0.1, 0.15) is 18.6 Å². The molecule has 2 aromatic rings.